The van der Waals surface area contributed by atoms with E-state index in [2.05, 4.69) is 68.1 Å². The van der Waals surface area contributed by atoms with Gasteiger partial charge in [-0.05, 0) is 48.9 Å². The Labute approximate surface area is 177 Å². The summed E-state index contributed by atoms with van der Waals surface area (Å²) in [7, 11) is 1.78. The molecule has 4 rings (SSSR count). The van der Waals surface area contributed by atoms with E-state index >= 15 is 0 Å². The van der Waals surface area contributed by atoms with Gasteiger partial charge in [-0.15, -0.1) is 0 Å². The first-order valence-electron chi connectivity index (χ1n) is 10.3. The summed E-state index contributed by atoms with van der Waals surface area (Å²) in [6, 6.07) is 14.5. The Morgan fingerprint density at radius 3 is 2.80 bits per heavy atom. The molecule has 0 spiro atoms. The van der Waals surface area contributed by atoms with Crippen LogP contribution in [0.3, 0.4) is 0 Å². The SMILES string of the molecule is CN=C(NCc1cccc(-c2ncn[nH]2)c1)NCc1ccc(C)cc1OCC1CC1. The number of ether oxygens (including phenoxy) is 1. The second-order valence-corrected chi connectivity index (χ2v) is 7.68. The van der Waals surface area contributed by atoms with Gasteiger partial charge in [-0.1, -0.05) is 30.3 Å². The Morgan fingerprint density at radius 1 is 1.17 bits per heavy atom. The molecule has 0 amide bonds. The molecule has 1 aliphatic rings. The number of nitrogens with zero attached hydrogens (tertiary/aromatic N) is 3. The molecule has 3 aromatic rings. The van der Waals surface area contributed by atoms with Crippen molar-refractivity contribution in [3.63, 3.8) is 0 Å². The Hall–Kier alpha value is -3.35. The lowest BCUT2D eigenvalue weighted by atomic mass is 10.1. The normalized spacial score (nSPS) is 13.9. The lowest BCUT2D eigenvalue weighted by Gasteiger charge is -2.15. The molecule has 0 atom stereocenters. The fourth-order valence-corrected chi connectivity index (χ4v) is 3.19. The van der Waals surface area contributed by atoms with Crippen LogP contribution in [-0.2, 0) is 13.1 Å². The van der Waals surface area contributed by atoms with Crippen molar-refractivity contribution >= 4 is 5.96 Å². The Balaban J connectivity index is 1.34. The summed E-state index contributed by atoms with van der Waals surface area (Å²) in [5.74, 6) is 3.20. The summed E-state index contributed by atoms with van der Waals surface area (Å²) in [6.45, 7) is 4.21. The molecule has 30 heavy (non-hydrogen) atoms. The van der Waals surface area contributed by atoms with Crippen molar-refractivity contribution in [3.05, 3.63) is 65.5 Å². The molecule has 0 aliphatic heterocycles. The van der Waals surface area contributed by atoms with Gasteiger partial charge in [0.05, 0.1) is 6.61 Å². The van der Waals surface area contributed by atoms with Crippen LogP contribution in [0.15, 0.2) is 53.8 Å². The molecule has 0 radical (unpaired) electrons. The minimum atomic E-state index is 0.651. The predicted molar refractivity (Wildman–Crippen MR) is 118 cm³/mol. The van der Waals surface area contributed by atoms with Crippen molar-refractivity contribution in [1.82, 2.24) is 25.8 Å². The highest BCUT2D eigenvalue weighted by molar-refractivity contribution is 5.79. The average Bonchev–Trinajstić information content (AvgIpc) is 3.44. The van der Waals surface area contributed by atoms with Gasteiger partial charge in [-0.3, -0.25) is 10.1 Å². The minimum Gasteiger partial charge on any atom is -0.493 e. The minimum absolute atomic E-state index is 0.651. The van der Waals surface area contributed by atoms with Crippen molar-refractivity contribution < 1.29 is 4.74 Å². The van der Waals surface area contributed by atoms with Gasteiger partial charge in [-0.25, -0.2) is 4.98 Å². The van der Waals surface area contributed by atoms with Crippen LogP contribution in [0.2, 0.25) is 0 Å². The van der Waals surface area contributed by atoms with Crippen LogP contribution in [0.1, 0.15) is 29.5 Å². The molecule has 3 N–H and O–H groups in total. The first-order valence-corrected chi connectivity index (χ1v) is 10.3. The lowest BCUT2D eigenvalue weighted by Crippen LogP contribution is -2.36. The third-order valence-electron chi connectivity index (χ3n) is 5.14. The van der Waals surface area contributed by atoms with Crippen molar-refractivity contribution in [2.24, 2.45) is 10.9 Å². The summed E-state index contributed by atoms with van der Waals surface area (Å²) >= 11 is 0. The van der Waals surface area contributed by atoms with Gasteiger partial charge in [0.2, 0.25) is 0 Å². The van der Waals surface area contributed by atoms with Gasteiger partial charge >= 0.3 is 0 Å². The van der Waals surface area contributed by atoms with Crippen LogP contribution < -0.4 is 15.4 Å². The van der Waals surface area contributed by atoms with E-state index in [0.717, 1.165) is 46.7 Å². The summed E-state index contributed by atoms with van der Waals surface area (Å²) in [6.07, 6.45) is 4.08. The summed E-state index contributed by atoms with van der Waals surface area (Å²) < 4.78 is 6.07. The third kappa shape index (κ3) is 5.37. The predicted octanol–water partition coefficient (Wildman–Crippen LogP) is 3.43. The molecule has 156 valence electrons. The van der Waals surface area contributed by atoms with Crippen molar-refractivity contribution in [2.75, 3.05) is 13.7 Å². The number of benzene rings is 2. The van der Waals surface area contributed by atoms with Gasteiger partial charge in [0.1, 0.15) is 12.1 Å². The van der Waals surface area contributed by atoms with Crippen LogP contribution in [0.4, 0.5) is 0 Å². The number of hydrogen-bond donors (Lipinski definition) is 3. The Bertz CT molecular complexity index is 995. The van der Waals surface area contributed by atoms with Crippen LogP contribution in [-0.4, -0.2) is 34.8 Å². The summed E-state index contributed by atoms with van der Waals surface area (Å²) in [5.41, 5.74) is 4.48. The van der Waals surface area contributed by atoms with Crippen molar-refractivity contribution in [3.8, 4) is 17.1 Å². The zero-order valence-corrected chi connectivity index (χ0v) is 17.5. The van der Waals surface area contributed by atoms with Gasteiger partial charge in [-0.2, -0.15) is 5.10 Å². The molecule has 0 unspecified atom stereocenters. The monoisotopic (exact) mass is 404 g/mol. The van der Waals surface area contributed by atoms with E-state index in [1.165, 1.54) is 24.7 Å². The molecule has 1 fully saturated rings. The first-order chi connectivity index (χ1) is 14.7. The van der Waals surface area contributed by atoms with E-state index in [-0.39, 0.29) is 0 Å². The maximum absolute atomic E-state index is 6.07. The first kappa shape index (κ1) is 19.9. The maximum atomic E-state index is 6.07. The number of aryl methyl sites for hydroxylation is 1. The fourth-order valence-electron chi connectivity index (χ4n) is 3.19. The van der Waals surface area contributed by atoms with Gasteiger partial charge in [0.15, 0.2) is 11.8 Å². The largest absolute Gasteiger partial charge is 0.493 e. The molecular formula is C23H28N6O. The molecule has 1 aliphatic carbocycles. The molecule has 7 nitrogen and oxygen atoms in total. The van der Waals surface area contributed by atoms with E-state index in [9.17, 15) is 0 Å². The molecule has 1 saturated carbocycles. The highest BCUT2D eigenvalue weighted by Gasteiger charge is 2.22. The number of hydrogen-bond acceptors (Lipinski definition) is 4. The van der Waals surface area contributed by atoms with Crippen LogP contribution >= 0.6 is 0 Å². The van der Waals surface area contributed by atoms with Gasteiger partial charge in [0, 0.05) is 31.3 Å². The molecule has 1 heterocycles. The molecule has 2 aromatic carbocycles. The van der Waals surface area contributed by atoms with E-state index in [4.69, 9.17) is 4.74 Å². The number of aromatic amines is 1. The second kappa shape index (κ2) is 9.43. The van der Waals surface area contributed by atoms with Crippen molar-refractivity contribution in [2.45, 2.75) is 32.9 Å². The van der Waals surface area contributed by atoms with Gasteiger partial charge < -0.3 is 15.4 Å². The lowest BCUT2D eigenvalue weighted by molar-refractivity contribution is 0.296. The smallest absolute Gasteiger partial charge is 0.191 e. The quantitative estimate of drug-likeness (QED) is 0.395. The Morgan fingerprint density at radius 2 is 2.03 bits per heavy atom. The molecular weight excluding hydrogens is 376 g/mol. The number of H-pyrrole nitrogens is 1. The molecule has 7 heteroatoms. The zero-order chi connectivity index (χ0) is 20.8. The van der Waals surface area contributed by atoms with E-state index in [1.807, 2.05) is 12.1 Å². The molecule has 0 saturated heterocycles. The number of aliphatic imine (C=N–C) groups is 1. The van der Waals surface area contributed by atoms with Crippen LogP contribution in [0, 0.1) is 12.8 Å². The van der Waals surface area contributed by atoms with E-state index in [1.54, 1.807) is 7.05 Å². The zero-order valence-electron chi connectivity index (χ0n) is 17.5. The fraction of sp³-hybridized carbons (Fsp3) is 0.348. The summed E-state index contributed by atoms with van der Waals surface area (Å²) in [5, 5.41) is 13.6. The van der Waals surface area contributed by atoms with E-state index < -0.39 is 0 Å². The van der Waals surface area contributed by atoms with Crippen molar-refractivity contribution in [1.29, 1.82) is 0 Å². The molecule has 0 bridgehead atoms. The van der Waals surface area contributed by atoms with Crippen LogP contribution in [0.5, 0.6) is 5.75 Å². The highest BCUT2D eigenvalue weighted by Crippen LogP contribution is 2.30. The molecule has 1 aromatic heterocycles. The topological polar surface area (TPSA) is 87.2 Å². The summed E-state index contributed by atoms with van der Waals surface area (Å²) in [4.78, 5) is 8.56. The Kier molecular flexibility index (Phi) is 6.27. The van der Waals surface area contributed by atoms with Crippen LogP contribution in [0.25, 0.3) is 11.4 Å². The standard InChI is InChI=1S/C23H28N6O/c1-16-6-9-20(21(10-16)30-14-17-7-8-17)13-26-23(24-2)25-12-18-4-3-5-19(11-18)22-27-15-28-29-22/h3-6,9-11,15,17H,7-8,12-14H2,1-2H3,(H2,24,25,26)(H,27,28,29). The average molecular weight is 405 g/mol. The second-order valence-electron chi connectivity index (χ2n) is 7.68. The maximum Gasteiger partial charge on any atom is 0.191 e. The number of aromatic nitrogens is 3. The van der Waals surface area contributed by atoms with E-state index in [0.29, 0.717) is 13.1 Å². The number of nitrogens with one attached hydrogen (secondary N) is 3. The third-order valence-corrected chi connectivity index (χ3v) is 5.14. The number of rotatable bonds is 8. The number of guanidine groups is 1. The highest BCUT2D eigenvalue weighted by atomic mass is 16.5. The van der Waals surface area contributed by atoms with Gasteiger partial charge in [0.25, 0.3) is 0 Å².